The van der Waals surface area contributed by atoms with E-state index >= 15 is 0 Å². The van der Waals surface area contributed by atoms with Gasteiger partial charge >= 0.3 is 5.97 Å². The molecule has 2 saturated heterocycles. The molecule has 2 fully saturated rings. The number of amides is 3. The molecule has 9 nitrogen and oxygen atoms in total. The number of carbonyl (C=O) groups is 5. The molecule has 0 bridgehead atoms. The summed E-state index contributed by atoms with van der Waals surface area (Å²) in [6, 6.07) is 10.6. The van der Waals surface area contributed by atoms with Crippen LogP contribution < -0.4 is 4.74 Å². The zero-order chi connectivity index (χ0) is 25.8. The monoisotopic (exact) mass is 528 g/mol. The first-order valence-corrected chi connectivity index (χ1v) is 12.5. The van der Waals surface area contributed by atoms with Crippen molar-refractivity contribution in [2.75, 3.05) is 19.5 Å². The number of Topliss-reactive ketones (excluding diaryl/α,β-unsaturated/α-hetero) is 1. The number of rotatable bonds is 6. The van der Waals surface area contributed by atoms with Gasteiger partial charge in [-0.25, -0.2) is 4.79 Å². The zero-order valence-electron chi connectivity index (χ0n) is 19.3. The minimum atomic E-state index is -1.19. The number of hydrogen-bond acceptors (Lipinski definition) is 8. The Morgan fingerprint density at radius 3 is 2.47 bits per heavy atom. The number of fused-ring (bicyclic) bond motifs is 2. The molecule has 2 aromatic rings. The van der Waals surface area contributed by atoms with Crippen molar-refractivity contribution < 1.29 is 33.4 Å². The third-order valence-electron chi connectivity index (χ3n) is 6.50. The number of methoxy groups -OCH3 is 1. The number of alkyl halides is 1. The second kappa shape index (κ2) is 8.94. The summed E-state index contributed by atoms with van der Waals surface area (Å²) in [6.45, 7) is 1.10. The maximum Gasteiger partial charge on any atom is 0.331 e. The highest BCUT2D eigenvalue weighted by atomic mass is 35.5. The minimum Gasteiger partial charge on any atom is -0.497 e. The second-order valence-corrected chi connectivity index (χ2v) is 10.8. The van der Waals surface area contributed by atoms with Gasteiger partial charge in [0.15, 0.2) is 18.4 Å². The molecule has 3 amide bonds. The van der Waals surface area contributed by atoms with Gasteiger partial charge in [-0.3, -0.25) is 24.1 Å². The van der Waals surface area contributed by atoms with E-state index in [1.807, 2.05) is 0 Å². The summed E-state index contributed by atoms with van der Waals surface area (Å²) in [5, 5.41) is -0.671. The van der Waals surface area contributed by atoms with Crippen LogP contribution in [0.5, 0.6) is 5.75 Å². The smallest absolute Gasteiger partial charge is 0.331 e. The zero-order valence-corrected chi connectivity index (χ0v) is 20.9. The fourth-order valence-corrected chi connectivity index (χ4v) is 6.52. The molecular weight excluding hydrogens is 508 g/mol. The number of thioether (sulfide) groups is 1. The summed E-state index contributed by atoms with van der Waals surface area (Å²) in [6.07, 6.45) is 0. The van der Waals surface area contributed by atoms with Crippen LogP contribution in [0.2, 0.25) is 0 Å². The van der Waals surface area contributed by atoms with Gasteiger partial charge in [-0.05, 0) is 25.1 Å². The van der Waals surface area contributed by atoms with Gasteiger partial charge in [0.25, 0.3) is 17.7 Å². The van der Waals surface area contributed by atoms with E-state index in [-0.39, 0.29) is 16.9 Å². The molecular formula is C25H21ClN2O7S. The number of benzene rings is 2. The van der Waals surface area contributed by atoms with Crippen molar-refractivity contribution in [1.29, 1.82) is 0 Å². The van der Waals surface area contributed by atoms with Gasteiger partial charge in [0.2, 0.25) is 0 Å². The molecule has 2 aromatic carbocycles. The van der Waals surface area contributed by atoms with Crippen LogP contribution >= 0.6 is 23.4 Å². The van der Waals surface area contributed by atoms with E-state index in [0.29, 0.717) is 11.3 Å². The third-order valence-corrected chi connectivity index (χ3v) is 8.60. The Morgan fingerprint density at radius 2 is 1.78 bits per heavy atom. The van der Waals surface area contributed by atoms with E-state index in [1.54, 1.807) is 43.3 Å². The Hall–Kier alpha value is -3.37. The van der Waals surface area contributed by atoms with Gasteiger partial charge in [0.05, 0.1) is 23.1 Å². The first kappa shape index (κ1) is 24.3. The number of imide groups is 1. The summed E-state index contributed by atoms with van der Waals surface area (Å²) in [5.74, 6) is -2.31. The molecule has 36 heavy (non-hydrogen) atoms. The average Bonchev–Trinajstić information content (AvgIpc) is 3.11. The van der Waals surface area contributed by atoms with Crippen LogP contribution in [0.1, 0.15) is 38.0 Å². The number of nitrogens with zero attached hydrogens (tertiary/aromatic N) is 2. The average molecular weight is 529 g/mol. The summed E-state index contributed by atoms with van der Waals surface area (Å²) < 4.78 is 10.4. The van der Waals surface area contributed by atoms with Crippen molar-refractivity contribution in [2.45, 2.75) is 29.3 Å². The maximum atomic E-state index is 13.3. The maximum absolute atomic E-state index is 13.3. The molecule has 0 aliphatic carbocycles. The predicted molar refractivity (Wildman–Crippen MR) is 130 cm³/mol. The SMILES string of the molecule is COc1ccc2c(c1)C(=O)N(C1C(=O)N3C(C(=O)OCC(=O)c4ccccc4)[C@](C)(Cl)CS[C@H]13)C2=O. The van der Waals surface area contributed by atoms with Crippen LogP contribution in [0.4, 0.5) is 0 Å². The molecule has 0 N–H and O–H groups in total. The molecule has 186 valence electrons. The fourth-order valence-electron chi connectivity index (χ4n) is 4.67. The van der Waals surface area contributed by atoms with Crippen LogP contribution in [0.3, 0.4) is 0 Å². The lowest BCUT2D eigenvalue weighted by atomic mass is 9.93. The number of hydrogen-bond donors (Lipinski definition) is 0. The topological polar surface area (TPSA) is 110 Å². The van der Waals surface area contributed by atoms with E-state index in [9.17, 15) is 24.0 Å². The van der Waals surface area contributed by atoms with Crippen molar-refractivity contribution in [3.8, 4) is 5.75 Å². The molecule has 4 atom stereocenters. The van der Waals surface area contributed by atoms with E-state index in [0.717, 1.165) is 4.90 Å². The number of halogens is 1. The Morgan fingerprint density at radius 1 is 1.08 bits per heavy atom. The van der Waals surface area contributed by atoms with Crippen LogP contribution in [0.25, 0.3) is 0 Å². The van der Waals surface area contributed by atoms with Crippen LogP contribution in [-0.4, -0.2) is 81.1 Å². The van der Waals surface area contributed by atoms with E-state index in [2.05, 4.69) is 0 Å². The highest BCUT2D eigenvalue weighted by Gasteiger charge is 2.65. The minimum absolute atomic E-state index is 0.156. The predicted octanol–water partition coefficient (Wildman–Crippen LogP) is 2.37. The van der Waals surface area contributed by atoms with Crippen molar-refractivity contribution >= 4 is 52.8 Å². The highest BCUT2D eigenvalue weighted by Crippen LogP contribution is 2.48. The first-order valence-electron chi connectivity index (χ1n) is 11.1. The van der Waals surface area contributed by atoms with Gasteiger partial charge < -0.3 is 14.4 Å². The molecule has 5 rings (SSSR count). The fraction of sp³-hybridized carbons (Fsp3) is 0.320. The van der Waals surface area contributed by atoms with Gasteiger partial charge in [-0.15, -0.1) is 23.4 Å². The number of carbonyl (C=O) groups excluding carboxylic acids is 5. The largest absolute Gasteiger partial charge is 0.497 e. The Balaban J connectivity index is 1.34. The molecule has 0 spiro atoms. The first-order chi connectivity index (χ1) is 17.2. The summed E-state index contributed by atoms with van der Waals surface area (Å²) in [7, 11) is 1.45. The van der Waals surface area contributed by atoms with Crippen molar-refractivity contribution in [2.24, 2.45) is 0 Å². The third kappa shape index (κ3) is 3.75. The molecule has 0 radical (unpaired) electrons. The van der Waals surface area contributed by atoms with Crippen LogP contribution in [0, 0.1) is 0 Å². The van der Waals surface area contributed by atoms with Gasteiger partial charge in [-0.2, -0.15) is 0 Å². The lowest BCUT2D eigenvalue weighted by Crippen LogP contribution is -2.78. The summed E-state index contributed by atoms with van der Waals surface area (Å²) >= 11 is 7.91. The number of ketones is 1. The Bertz CT molecular complexity index is 1300. The molecule has 3 heterocycles. The molecule has 0 aromatic heterocycles. The van der Waals surface area contributed by atoms with Gasteiger partial charge in [0.1, 0.15) is 17.2 Å². The molecule has 11 heteroatoms. The van der Waals surface area contributed by atoms with Gasteiger partial charge in [0, 0.05) is 11.3 Å². The molecule has 3 aliphatic heterocycles. The Kier molecular flexibility index (Phi) is 6.04. The number of ether oxygens (including phenoxy) is 2. The van der Waals surface area contributed by atoms with Gasteiger partial charge in [-0.1, -0.05) is 30.3 Å². The van der Waals surface area contributed by atoms with Crippen molar-refractivity contribution in [3.63, 3.8) is 0 Å². The number of esters is 1. The van der Waals surface area contributed by atoms with E-state index in [4.69, 9.17) is 21.1 Å². The standard InChI is InChI=1S/C25H21ClN2O7S/c1-25(26)12-36-23-18(27-20(30)15-9-8-14(34-2)10-16(15)21(27)31)22(32)28(23)19(25)24(33)35-11-17(29)13-6-4-3-5-7-13/h3-10,18-19,23H,11-12H2,1-2H3/t18?,19?,23-,25-/m1/s1. The molecule has 3 aliphatic rings. The Labute approximate surface area is 215 Å². The summed E-state index contributed by atoms with van der Waals surface area (Å²) in [4.78, 5) is 65.9. The lowest BCUT2D eigenvalue weighted by Gasteiger charge is -2.57. The van der Waals surface area contributed by atoms with Crippen molar-refractivity contribution in [1.82, 2.24) is 9.80 Å². The quantitative estimate of drug-likeness (QED) is 0.185. The lowest BCUT2D eigenvalue weighted by molar-refractivity contribution is -0.168. The molecule has 2 unspecified atom stereocenters. The van der Waals surface area contributed by atoms with Crippen LogP contribution in [0.15, 0.2) is 48.5 Å². The summed E-state index contributed by atoms with van der Waals surface area (Å²) in [5.41, 5.74) is 0.729. The normalized spacial score (nSPS) is 26.8. The molecule has 0 saturated carbocycles. The van der Waals surface area contributed by atoms with E-state index in [1.165, 1.54) is 35.9 Å². The van der Waals surface area contributed by atoms with E-state index < -0.39 is 58.4 Å². The highest BCUT2D eigenvalue weighted by molar-refractivity contribution is 8.00. The van der Waals surface area contributed by atoms with Crippen LogP contribution in [-0.2, 0) is 14.3 Å². The second-order valence-electron chi connectivity index (χ2n) is 8.86. The van der Waals surface area contributed by atoms with Crippen molar-refractivity contribution in [3.05, 3.63) is 65.2 Å². The number of β-lactam (4-membered cyclic amide) rings is 1.